The van der Waals surface area contributed by atoms with Crippen molar-refractivity contribution in [2.45, 2.75) is 46.5 Å². The molecule has 128 valence electrons. The normalized spacial score (nSPS) is 11.7. The van der Waals surface area contributed by atoms with Crippen LogP contribution < -0.4 is 10.9 Å². The number of carbonyl (C=O) groups excluding carboxylic acids is 2. The molecule has 0 bridgehead atoms. The molecule has 0 aliphatic carbocycles. The average Bonchev–Trinajstić information content (AvgIpc) is 2.50. The van der Waals surface area contributed by atoms with Gasteiger partial charge in [0.05, 0.1) is 12.5 Å². The molecule has 0 aromatic carbocycles. The predicted molar refractivity (Wildman–Crippen MR) is 85.5 cm³/mol. The third-order valence-electron chi connectivity index (χ3n) is 3.34. The van der Waals surface area contributed by atoms with Crippen LogP contribution in [0.1, 0.15) is 44.1 Å². The maximum atomic E-state index is 12.3. The fourth-order valence-corrected chi connectivity index (χ4v) is 2.22. The van der Waals surface area contributed by atoms with Gasteiger partial charge in [0.15, 0.2) is 0 Å². The van der Waals surface area contributed by atoms with Gasteiger partial charge in [0.1, 0.15) is 11.6 Å². The van der Waals surface area contributed by atoms with Gasteiger partial charge in [0.25, 0.3) is 0 Å². The number of nitrogens with one attached hydrogen (secondary N) is 2. The molecule has 3 N–H and O–H groups in total. The molecule has 0 spiro atoms. The van der Waals surface area contributed by atoms with Crippen molar-refractivity contribution in [2.24, 2.45) is 5.92 Å². The second kappa shape index (κ2) is 9.73. The summed E-state index contributed by atoms with van der Waals surface area (Å²) in [7, 11) is 0. The van der Waals surface area contributed by atoms with Crippen LogP contribution >= 0.6 is 0 Å². The molecule has 0 saturated carbocycles. The van der Waals surface area contributed by atoms with Crippen molar-refractivity contribution < 1.29 is 14.8 Å². The van der Waals surface area contributed by atoms with E-state index in [4.69, 9.17) is 0 Å². The van der Waals surface area contributed by atoms with Crippen molar-refractivity contribution in [3.8, 4) is 0 Å². The van der Waals surface area contributed by atoms with Gasteiger partial charge in [0, 0.05) is 11.8 Å². The average molecular weight is 323 g/mol. The van der Waals surface area contributed by atoms with Crippen molar-refractivity contribution in [3.63, 3.8) is 0 Å². The van der Waals surface area contributed by atoms with Crippen LogP contribution in [0.15, 0.2) is 6.07 Å². The number of hydrogen-bond donors (Lipinski definition) is 3. The number of aromatic nitrogens is 2. The van der Waals surface area contributed by atoms with Crippen LogP contribution in [0.25, 0.3) is 0 Å². The maximum absolute atomic E-state index is 12.3. The topological polar surface area (TPSA) is 107 Å². The van der Waals surface area contributed by atoms with Gasteiger partial charge >= 0.3 is 0 Å². The molecular weight excluding hydrogens is 298 g/mol. The fourth-order valence-electron chi connectivity index (χ4n) is 2.22. The third-order valence-corrected chi connectivity index (χ3v) is 3.34. The summed E-state index contributed by atoms with van der Waals surface area (Å²) in [4.78, 5) is 31.1. The zero-order chi connectivity index (χ0) is 17.2. The van der Waals surface area contributed by atoms with E-state index < -0.39 is 5.92 Å². The third kappa shape index (κ3) is 7.05. The van der Waals surface area contributed by atoms with Gasteiger partial charge in [-0.2, -0.15) is 0 Å². The van der Waals surface area contributed by atoms with E-state index in [0.717, 1.165) is 25.0 Å². The van der Waals surface area contributed by atoms with Gasteiger partial charge in [-0.25, -0.2) is 15.0 Å². The molecule has 1 aromatic rings. The lowest BCUT2D eigenvalue weighted by molar-refractivity contribution is -0.154. The molecule has 1 atom stereocenters. The van der Waals surface area contributed by atoms with E-state index in [1.165, 1.54) is 0 Å². The van der Waals surface area contributed by atoms with Crippen molar-refractivity contribution >= 4 is 18.1 Å². The largest absolute Gasteiger partial charge is 0.286 e. The zero-order valence-corrected chi connectivity index (χ0v) is 13.9. The highest BCUT2D eigenvalue weighted by atomic mass is 16.5. The lowest BCUT2D eigenvalue weighted by Gasteiger charge is -2.20. The molecule has 1 heterocycles. The van der Waals surface area contributed by atoms with E-state index in [0.29, 0.717) is 29.5 Å². The Morgan fingerprint density at radius 3 is 2.74 bits per heavy atom. The van der Waals surface area contributed by atoms with Crippen LogP contribution in [0, 0.1) is 19.8 Å². The molecule has 2 amide bonds. The molecule has 1 aromatic heterocycles. The number of aryl methyl sites for hydroxylation is 2. The minimum atomic E-state index is -0.492. The van der Waals surface area contributed by atoms with Crippen molar-refractivity contribution in [2.75, 3.05) is 12.0 Å². The Bertz CT molecular complexity index is 504. The van der Waals surface area contributed by atoms with E-state index >= 15 is 0 Å². The van der Waals surface area contributed by atoms with Crippen LogP contribution in [-0.4, -0.2) is 39.1 Å². The molecule has 0 fully saturated rings. The number of unbranched alkanes of at least 4 members (excludes halogenated alkanes) is 2. The molecule has 0 unspecified atom stereocenters. The summed E-state index contributed by atoms with van der Waals surface area (Å²) in [5, 5.41) is 9.83. The standard InChI is InChI=1S/C15H25N5O3/c1-4-5-6-7-13(9-20(23)10-21)15(22)19-18-14-8-11(2)16-12(3)17-14/h8,10,13,23H,4-7,9H2,1-3H3,(H,19,22)(H,16,17,18)/t13-/m0/s1. The Hall–Kier alpha value is -2.22. The predicted octanol–water partition coefficient (Wildman–Crippen LogP) is 1.58. The molecule has 0 aliphatic heterocycles. The summed E-state index contributed by atoms with van der Waals surface area (Å²) in [6.45, 7) is 5.63. The number of anilines is 1. The monoisotopic (exact) mass is 323 g/mol. The second-order valence-electron chi connectivity index (χ2n) is 5.48. The Balaban J connectivity index is 2.61. The maximum Gasteiger partial charge on any atom is 0.243 e. The molecular formula is C15H25N5O3. The number of amides is 2. The molecule has 0 saturated heterocycles. The summed E-state index contributed by atoms with van der Waals surface area (Å²) >= 11 is 0. The SMILES string of the molecule is CCCCC[C@@H](CN(O)C=O)C(=O)NNc1cc(C)nc(C)n1. The summed E-state index contributed by atoms with van der Waals surface area (Å²) in [6, 6.07) is 1.71. The molecule has 8 nitrogen and oxygen atoms in total. The Kier molecular flexibility index (Phi) is 7.96. The molecule has 0 radical (unpaired) electrons. The van der Waals surface area contributed by atoms with Crippen LogP contribution in [0.5, 0.6) is 0 Å². The highest BCUT2D eigenvalue weighted by Crippen LogP contribution is 2.12. The number of hydroxylamine groups is 2. The number of carbonyl (C=O) groups is 2. The van der Waals surface area contributed by atoms with Gasteiger partial charge in [-0.1, -0.05) is 26.2 Å². The van der Waals surface area contributed by atoms with Crippen molar-refractivity contribution in [1.29, 1.82) is 0 Å². The molecule has 23 heavy (non-hydrogen) atoms. The first-order valence-corrected chi connectivity index (χ1v) is 7.75. The number of hydrazine groups is 1. The highest BCUT2D eigenvalue weighted by Gasteiger charge is 2.20. The first kappa shape index (κ1) is 18.8. The van der Waals surface area contributed by atoms with Crippen molar-refractivity contribution in [1.82, 2.24) is 20.5 Å². The van der Waals surface area contributed by atoms with Crippen molar-refractivity contribution in [3.05, 3.63) is 17.6 Å². The second-order valence-corrected chi connectivity index (χ2v) is 5.48. The lowest BCUT2D eigenvalue weighted by atomic mass is 10.0. The number of nitrogens with zero attached hydrogens (tertiary/aromatic N) is 3. The number of hydrogen-bond acceptors (Lipinski definition) is 6. The fraction of sp³-hybridized carbons (Fsp3) is 0.600. The molecule has 1 rings (SSSR count). The first-order valence-electron chi connectivity index (χ1n) is 7.75. The summed E-state index contributed by atoms with van der Waals surface area (Å²) < 4.78 is 0. The van der Waals surface area contributed by atoms with E-state index in [9.17, 15) is 14.8 Å². The molecule has 8 heteroatoms. The Morgan fingerprint density at radius 2 is 2.13 bits per heavy atom. The zero-order valence-electron chi connectivity index (χ0n) is 13.9. The van der Waals surface area contributed by atoms with Crippen LogP contribution in [-0.2, 0) is 9.59 Å². The van der Waals surface area contributed by atoms with Crippen LogP contribution in [0.3, 0.4) is 0 Å². The van der Waals surface area contributed by atoms with E-state index in [2.05, 4.69) is 27.7 Å². The Labute approximate surface area is 136 Å². The molecule has 0 aliphatic rings. The van der Waals surface area contributed by atoms with E-state index in [-0.39, 0.29) is 12.5 Å². The van der Waals surface area contributed by atoms with E-state index in [1.807, 2.05) is 6.92 Å². The Morgan fingerprint density at radius 1 is 1.39 bits per heavy atom. The highest BCUT2D eigenvalue weighted by molar-refractivity contribution is 5.80. The first-order chi connectivity index (χ1) is 11.0. The minimum Gasteiger partial charge on any atom is -0.286 e. The van der Waals surface area contributed by atoms with Gasteiger partial charge in [-0.05, 0) is 20.3 Å². The van der Waals surface area contributed by atoms with Crippen LogP contribution in [0.4, 0.5) is 5.82 Å². The van der Waals surface area contributed by atoms with Crippen LogP contribution in [0.2, 0.25) is 0 Å². The van der Waals surface area contributed by atoms with Gasteiger partial charge in [0.2, 0.25) is 12.3 Å². The summed E-state index contributed by atoms with van der Waals surface area (Å²) in [5.41, 5.74) is 6.11. The summed E-state index contributed by atoms with van der Waals surface area (Å²) in [5.74, 6) is 0.305. The number of rotatable bonds is 10. The summed E-state index contributed by atoms with van der Waals surface area (Å²) in [6.07, 6.45) is 3.77. The minimum absolute atomic E-state index is 0.0391. The quantitative estimate of drug-likeness (QED) is 0.261. The lowest BCUT2D eigenvalue weighted by Crippen LogP contribution is -2.40. The van der Waals surface area contributed by atoms with Gasteiger partial charge < -0.3 is 0 Å². The van der Waals surface area contributed by atoms with Gasteiger partial charge in [-0.15, -0.1) is 0 Å². The van der Waals surface area contributed by atoms with E-state index in [1.54, 1.807) is 13.0 Å². The van der Waals surface area contributed by atoms with Gasteiger partial charge in [-0.3, -0.25) is 25.6 Å². The smallest absolute Gasteiger partial charge is 0.243 e.